The number of thioether (sulfide) groups is 1. The molecule has 3 aliphatic heterocycles. The highest BCUT2D eigenvalue weighted by Gasteiger charge is 2.34. The highest BCUT2D eigenvalue weighted by molar-refractivity contribution is 7.99. The van der Waals surface area contributed by atoms with Gasteiger partial charge in [0.2, 0.25) is 21.8 Å². The SMILES string of the molecule is O=C1CCCC(=O)N1CCS(=O)(=O)N1CCCSCC1CN1CCCCC1. The van der Waals surface area contributed by atoms with E-state index < -0.39 is 10.0 Å². The number of sulfonamides is 1. The number of carbonyl (C=O) groups is 2. The molecule has 0 aromatic rings. The van der Waals surface area contributed by atoms with Gasteiger partial charge in [-0.25, -0.2) is 8.42 Å². The van der Waals surface area contributed by atoms with Gasteiger partial charge in [-0.1, -0.05) is 6.42 Å². The van der Waals surface area contributed by atoms with Crippen LogP contribution in [0, 0.1) is 0 Å². The predicted molar refractivity (Wildman–Crippen MR) is 107 cm³/mol. The maximum Gasteiger partial charge on any atom is 0.229 e. The summed E-state index contributed by atoms with van der Waals surface area (Å²) < 4.78 is 27.9. The van der Waals surface area contributed by atoms with Crippen molar-refractivity contribution in [1.82, 2.24) is 14.1 Å². The van der Waals surface area contributed by atoms with Crippen LogP contribution >= 0.6 is 11.8 Å². The molecule has 2 amide bonds. The second kappa shape index (κ2) is 9.71. The van der Waals surface area contributed by atoms with E-state index in [1.807, 2.05) is 11.8 Å². The highest BCUT2D eigenvalue weighted by atomic mass is 32.2. The maximum atomic E-state index is 13.1. The largest absolute Gasteiger partial charge is 0.302 e. The van der Waals surface area contributed by atoms with E-state index >= 15 is 0 Å². The Bertz CT molecular complexity index is 619. The van der Waals surface area contributed by atoms with Crippen molar-refractivity contribution in [2.45, 2.75) is 51.0 Å². The minimum atomic E-state index is -3.51. The molecule has 1 atom stereocenters. The van der Waals surface area contributed by atoms with E-state index in [0.29, 0.717) is 25.8 Å². The van der Waals surface area contributed by atoms with Gasteiger partial charge in [-0.3, -0.25) is 14.5 Å². The topological polar surface area (TPSA) is 78.0 Å². The van der Waals surface area contributed by atoms with Gasteiger partial charge in [0.15, 0.2) is 0 Å². The Morgan fingerprint density at radius 3 is 2.33 bits per heavy atom. The maximum absolute atomic E-state index is 13.1. The molecule has 27 heavy (non-hydrogen) atoms. The molecule has 3 fully saturated rings. The van der Waals surface area contributed by atoms with Crippen LogP contribution in [0.4, 0.5) is 0 Å². The van der Waals surface area contributed by atoms with E-state index in [4.69, 9.17) is 0 Å². The predicted octanol–water partition coefficient (Wildman–Crippen LogP) is 1.15. The summed E-state index contributed by atoms with van der Waals surface area (Å²) in [4.78, 5) is 27.5. The van der Waals surface area contributed by atoms with Crippen LogP contribution in [0.5, 0.6) is 0 Å². The van der Waals surface area contributed by atoms with E-state index in [9.17, 15) is 18.0 Å². The van der Waals surface area contributed by atoms with Gasteiger partial charge >= 0.3 is 0 Å². The average Bonchev–Trinajstić information content (AvgIpc) is 2.88. The quantitative estimate of drug-likeness (QED) is 0.604. The van der Waals surface area contributed by atoms with Crippen molar-refractivity contribution in [2.24, 2.45) is 0 Å². The zero-order chi connectivity index (χ0) is 19.3. The summed E-state index contributed by atoms with van der Waals surface area (Å²) >= 11 is 1.83. The van der Waals surface area contributed by atoms with E-state index in [1.165, 1.54) is 19.3 Å². The molecule has 154 valence electrons. The van der Waals surface area contributed by atoms with Crippen molar-refractivity contribution in [3.05, 3.63) is 0 Å². The number of likely N-dealkylation sites (tertiary alicyclic amines) is 2. The number of rotatable bonds is 6. The summed E-state index contributed by atoms with van der Waals surface area (Å²) in [5, 5.41) is 0. The van der Waals surface area contributed by atoms with Crippen LogP contribution in [-0.4, -0.2) is 90.4 Å². The minimum Gasteiger partial charge on any atom is -0.302 e. The van der Waals surface area contributed by atoms with Crippen LogP contribution < -0.4 is 0 Å². The first-order chi connectivity index (χ1) is 13.0. The molecule has 0 radical (unpaired) electrons. The zero-order valence-corrected chi connectivity index (χ0v) is 17.6. The van der Waals surface area contributed by atoms with Crippen LogP contribution in [-0.2, 0) is 19.6 Å². The lowest BCUT2D eigenvalue weighted by Gasteiger charge is -2.35. The molecule has 1 unspecified atom stereocenters. The molecule has 7 nitrogen and oxygen atoms in total. The number of hydrogen-bond acceptors (Lipinski definition) is 6. The van der Waals surface area contributed by atoms with Gasteiger partial charge in [-0.15, -0.1) is 0 Å². The molecule has 3 aliphatic rings. The van der Waals surface area contributed by atoms with Gasteiger partial charge < -0.3 is 4.90 Å². The molecule has 0 aliphatic carbocycles. The number of carbonyl (C=O) groups excluding carboxylic acids is 2. The third kappa shape index (κ3) is 5.68. The van der Waals surface area contributed by atoms with E-state index in [2.05, 4.69) is 4.90 Å². The van der Waals surface area contributed by atoms with E-state index in [-0.39, 0.29) is 30.2 Å². The Kier molecular flexibility index (Phi) is 7.58. The van der Waals surface area contributed by atoms with Crippen LogP contribution in [0.15, 0.2) is 0 Å². The van der Waals surface area contributed by atoms with Crippen molar-refractivity contribution < 1.29 is 18.0 Å². The molecule has 3 heterocycles. The molecule has 0 aromatic carbocycles. The summed E-state index contributed by atoms with van der Waals surface area (Å²) in [6.45, 7) is 3.40. The zero-order valence-electron chi connectivity index (χ0n) is 16.0. The van der Waals surface area contributed by atoms with Gasteiger partial charge in [-0.2, -0.15) is 16.1 Å². The number of nitrogens with zero attached hydrogens (tertiary/aromatic N) is 3. The standard InChI is InChI=1S/C18H31N3O4S2/c22-17-6-4-7-18(23)20(17)11-13-27(24,25)21-10-5-12-26-15-16(21)14-19-8-2-1-3-9-19/h16H,1-15H2. The van der Waals surface area contributed by atoms with Crippen LogP contribution in [0.2, 0.25) is 0 Å². The van der Waals surface area contributed by atoms with Crippen molar-refractivity contribution >= 4 is 33.6 Å². The summed E-state index contributed by atoms with van der Waals surface area (Å²) in [5.74, 6) is 1.16. The molecule has 3 rings (SSSR count). The second-order valence-electron chi connectivity index (χ2n) is 7.66. The third-order valence-corrected chi connectivity index (χ3v) is 8.71. The summed E-state index contributed by atoms with van der Waals surface area (Å²) in [6, 6.07) is -0.0200. The van der Waals surface area contributed by atoms with E-state index in [1.54, 1.807) is 4.31 Å². The fourth-order valence-corrected chi connectivity index (χ4v) is 6.93. The summed E-state index contributed by atoms with van der Waals surface area (Å²) in [7, 11) is -3.51. The monoisotopic (exact) mass is 417 g/mol. The normalized spacial score (nSPS) is 27.0. The molecule has 0 aromatic heterocycles. The van der Waals surface area contributed by atoms with Crippen molar-refractivity contribution in [3.63, 3.8) is 0 Å². The first-order valence-electron chi connectivity index (χ1n) is 10.1. The fourth-order valence-electron chi connectivity index (χ4n) is 4.13. The molecule has 0 saturated carbocycles. The molecular weight excluding hydrogens is 386 g/mol. The summed E-state index contributed by atoms with van der Waals surface area (Å²) in [6.07, 6.45) is 5.73. The lowest BCUT2D eigenvalue weighted by atomic mass is 10.1. The molecule has 0 spiro atoms. The fraction of sp³-hybridized carbons (Fsp3) is 0.889. The highest BCUT2D eigenvalue weighted by Crippen LogP contribution is 2.22. The lowest BCUT2D eigenvalue weighted by Crippen LogP contribution is -2.51. The molecular formula is C18H31N3O4S2. The third-order valence-electron chi connectivity index (χ3n) is 5.62. The van der Waals surface area contributed by atoms with Crippen LogP contribution in [0.25, 0.3) is 0 Å². The number of amides is 2. The first kappa shape index (κ1) is 21.1. The van der Waals surface area contributed by atoms with Gasteiger partial charge in [-0.05, 0) is 44.5 Å². The van der Waals surface area contributed by atoms with Crippen molar-refractivity contribution in [3.8, 4) is 0 Å². The van der Waals surface area contributed by atoms with Gasteiger partial charge in [0.25, 0.3) is 0 Å². The second-order valence-corrected chi connectivity index (χ2v) is 10.9. The average molecular weight is 418 g/mol. The van der Waals surface area contributed by atoms with Crippen LogP contribution in [0.3, 0.4) is 0 Å². The van der Waals surface area contributed by atoms with Crippen molar-refractivity contribution in [2.75, 3.05) is 50.0 Å². The Labute approximate surface area is 166 Å². The lowest BCUT2D eigenvalue weighted by molar-refractivity contribution is -0.147. The van der Waals surface area contributed by atoms with Crippen LogP contribution in [0.1, 0.15) is 44.9 Å². The number of piperidine rings is 2. The Hall–Kier alpha value is -0.640. The Morgan fingerprint density at radius 1 is 0.926 bits per heavy atom. The Morgan fingerprint density at radius 2 is 1.63 bits per heavy atom. The molecule has 0 N–H and O–H groups in total. The smallest absolute Gasteiger partial charge is 0.229 e. The molecule has 9 heteroatoms. The van der Waals surface area contributed by atoms with E-state index in [0.717, 1.165) is 42.5 Å². The summed E-state index contributed by atoms with van der Waals surface area (Å²) in [5.41, 5.74) is 0. The first-order valence-corrected chi connectivity index (χ1v) is 12.9. The molecule has 0 bridgehead atoms. The van der Waals surface area contributed by atoms with Gasteiger partial charge in [0, 0.05) is 44.3 Å². The van der Waals surface area contributed by atoms with Gasteiger partial charge in [0.1, 0.15) is 0 Å². The van der Waals surface area contributed by atoms with Crippen molar-refractivity contribution in [1.29, 1.82) is 0 Å². The Balaban J connectivity index is 1.65. The number of imide groups is 1. The van der Waals surface area contributed by atoms with Gasteiger partial charge in [0.05, 0.1) is 5.75 Å². The number of hydrogen-bond donors (Lipinski definition) is 0. The minimum absolute atomic E-state index is 0.0138. The molecule has 3 saturated heterocycles.